The molecule has 2 fully saturated rings. The fourth-order valence-corrected chi connectivity index (χ4v) is 4.90. The third-order valence-corrected chi connectivity index (χ3v) is 6.34. The quantitative estimate of drug-likeness (QED) is 0.812. The van der Waals surface area contributed by atoms with Crippen LogP contribution in [0.15, 0.2) is 24.3 Å². The number of fused-ring (bicyclic) bond motifs is 4. The number of nitrogens with one attached hydrogen (secondary N) is 2. The molecule has 6 nitrogen and oxygen atoms in total. The molecule has 3 unspecified atom stereocenters. The van der Waals surface area contributed by atoms with Gasteiger partial charge in [-0.05, 0) is 25.3 Å². The number of hydrogen-bond acceptors (Lipinski definition) is 4. The van der Waals surface area contributed by atoms with Crippen molar-refractivity contribution >= 4 is 23.4 Å². The summed E-state index contributed by atoms with van der Waals surface area (Å²) in [5.74, 6) is -1.68. The van der Waals surface area contributed by atoms with E-state index < -0.39 is 17.4 Å². The van der Waals surface area contributed by atoms with Gasteiger partial charge in [0.15, 0.2) is 0 Å². The van der Waals surface area contributed by atoms with Crippen molar-refractivity contribution < 1.29 is 14.4 Å². The van der Waals surface area contributed by atoms with E-state index in [2.05, 4.69) is 10.6 Å². The van der Waals surface area contributed by atoms with Gasteiger partial charge in [0.25, 0.3) is 0 Å². The zero-order valence-corrected chi connectivity index (χ0v) is 15.6. The smallest absolute Gasteiger partial charge is 0.250 e. The second kappa shape index (κ2) is 5.64. The average molecular weight is 355 g/mol. The first-order valence-electron chi connectivity index (χ1n) is 9.40. The summed E-state index contributed by atoms with van der Waals surface area (Å²) in [6, 6.07) is 7.07. The molecular weight excluding hydrogens is 330 g/mol. The van der Waals surface area contributed by atoms with Gasteiger partial charge in [0.05, 0.1) is 11.8 Å². The maximum absolute atomic E-state index is 13.4. The molecule has 4 rings (SSSR count). The first-order chi connectivity index (χ1) is 12.3. The van der Waals surface area contributed by atoms with Crippen molar-refractivity contribution in [1.82, 2.24) is 10.2 Å². The third-order valence-electron chi connectivity index (χ3n) is 6.34. The molecule has 3 aliphatic heterocycles. The van der Waals surface area contributed by atoms with Crippen LogP contribution in [0.1, 0.15) is 39.7 Å². The number of amides is 3. The van der Waals surface area contributed by atoms with Crippen molar-refractivity contribution in [2.75, 3.05) is 5.32 Å². The van der Waals surface area contributed by atoms with E-state index in [0.29, 0.717) is 6.42 Å². The molecule has 0 aromatic heterocycles. The van der Waals surface area contributed by atoms with Crippen LogP contribution in [0.4, 0.5) is 5.69 Å². The second-order valence-corrected chi connectivity index (χ2v) is 8.03. The van der Waals surface area contributed by atoms with Gasteiger partial charge in [-0.15, -0.1) is 0 Å². The second-order valence-electron chi connectivity index (χ2n) is 8.03. The van der Waals surface area contributed by atoms with E-state index >= 15 is 0 Å². The molecule has 3 aliphatic rings. The summed E-state index contributed by atoms with van der Waals surface area (Å²) in [6.07, 6.45) is 0.701. The molecule has 1 spiro atoms. The molecule has 0 bridgehead atoms. The van der Waals surface area contributed by atoms with Crippen LogP contribution in [0, 0.1) is 17.8 Å². The van der Waals surface area contributed by atoms with Crippen molar-refractivity contribution in [1.29, 1.82) is 0 Å². The van der Waals surface area contributed by atoms with Crippen LogP contribution in [0.5, 0.6) is 0 Å². The predicted molar refractivity (Wildman–Crippen MR) is 97.1 cm³/mol. The van der Waals surface area contributed by atoms with Crippen LogP contribution in [0.3, 0.4) is 0 Å². The number of para-hydroxylation sites is 1. The zero-order valence-electron chi connectivity index (χ0n) is 15.6. The average Bonchev–Trinajstić information content (AvgIpc) is 3.20. The van der Waals surface area contributed by atoms with E-state index in [0.717, 1.165) is 11.3 Å². The Morgan fingerprint density at radius 2 is 1.81 bits per heavy atom. The minimum absolute atomic E-state index is 0.121. The minimum Gasteiger partial charge on any atom is -0.324 e. The van der Waals surface area contributed by atoms with Crippen LogP contribution >= 0.6 is 0 Å². The summed E-state index contributed by atoms with van der Waals surface area (Å²) in [7, 11) is 0. The lowest BCUT2D eigenvalue weighted by atomic mass is 9.76. The lowest BCUT2D eigenvalue weighted by molar-refractivity contribution is -0.145. The summed E-state index contributed by atoms with van der Waals surface area (Å²) >= 11 is 0. The summed E-state index contributed by atoms with van der Waals surface area (Å²) in [5.41, 5.74) is 0.330. The SMILES string of the molecule is CCC(C)N1C(=O)[C@@H]2C(C(C)C)NC3(C(=O)Nc4ccccc43)[C@@H]2C1=O. The highest BCUT2D eigenvalue weighted by molar-refractivity contribution is 6.15. The molecule has 138 valence electrons. The van der Waals surface area contributed by atoms with Crippen molar-refractivity contribution in [2.24, 2.45) is 17.8 Å². The Labute approximate surface area is 153 Å². The number of nitrogens with zero attached hydrogens (tertiary/aromatic N) is 1. The van der Waals surface area contributed by atoms with Gasteiger partial charge < -0.3 is 5.32 Å². The van der Waals surface area contributed by atoms with Gasteiger partial charge in [-0.2, -0.15) is 0 Å². The van der Waals surface area contributed by atoms with Crippen LogP contribution in [0.2, 0.25) is 0 Å². The maximum Gasteiger partial charge on any atom is 0.250 e. The molecule has 0 saturated carbocycles. The van der Waals surface area contributed by atoms with Gasteiger partial charge in [-0.25, -0.2) is 0 Å². The van der Waals surface area contributed by atoms with Gasteiger partial charge >= 0.3 is 0 Å². The Morgan fingerprint density at radius 1 is 1.12 bits per heavy atom. The summed E-state index contributed by atoms with van der Waals surface area (Å²) in [4.78, 5) is 41.1. The standard InChI is InChI=1S/C20H25N3O3/c1-5-11(4)23-17(24)14-15(18(23)25)20(22-16(14)10(2)3)12-8-6-7-9-13(12)21-19(20)26/h6-11,14-16,22H,5H2,1-4H3,(H,21,26)/t11?,14-,15-,16?,20?/m0/s1. The first kappa shape index (κ1) is 17.2. The van der Waals surface area contributed by atoms with Crippen LogP contribution < -0.4 is 10.6 Å². The number of benzene rings is 1. The third kappa shape index (κ3) is 1.93. The van der Waals surface area contributed by atoms with E-state index in [1.165, 1.54) is 4.90 Å². The first-order valence-corrected chi connectivity index (χ1v) is 9.40. The molecule has 0 aliphatic carbocycles. The van der Waals surface area contributed by atoms with Crippen molar-refractivity contribution in [3.05, 3.63) is 29.8 Å². The number of likely N-dealkylation sites (tertiary alicyclic amines) is 1. The normalized spacial score (nSPS) is 33.8. The van der Waals surface area contributed by atoms with Crippen LogP contribution in [0.25, 0.3) is 0 Å². The Kier molecular flexibility index (Phi) is 3.74. The van der Waals surface area contributed by atoms with E-state index in [4.69, 9.17) is 0 Å². The zero-order chi connectivity index (χ0) is 18.8. The van der Waals surface area contributed by atoms with E-state index in [1.807, 2.05) is 52.0 Å². The molecule has 3 heterocycles. The van der Waals surface area contributed by atoms with Crippen molar-refractivity contribution in [3.8, 4) is 0 Å². The number of hydrogen-bond donors (Lipinski definition) is 2. The summed E-state index contributed by atoms with van der Waals surface area (Å²) < 4.78 is 0. The molecule has 26 heavy (non-hydrogen) atoms. The topological polar surface area (TPSA) is 78.5 Å². The number of rotatable bonds is 3. The molecule has 5 atom stereocenters. The molecule has 0 radical (unpaired) electrons. The molecule has 3 amide bonds. The molecule has 1 aromatic rings. The van der Waals surface area contributed by atoms with Gasteiger partial charge in [0, 0.05) is 23.3 Å². The largest absolute Gasteiger partial charge is 0.324 e. The highest BCUT2D eigenvalue weighted by Gasteiger charge is 2.70. The fourth-order valence-electron chi connectivity index (χ4n) is 4.90. The minimum atomic E-state index is -1.16. The van der Waals surface area contributed by atoms with Gasteiger partial charge in [-0.1, -0.05) is 39.0 Å². The summed E-state index contributed by atoms with van der Waals surface area (Å²) in [6.45, 7) is 7.90. The van der Waals surface area contributed by atoms with E-state index in [1.54, 1.807) is 0 Å². The van der Waals surface area contributed by atoms with Gasteiger partial charge in [0.1, 0.15) is 5.54 Å². The van der Waals surface area contributed by atoms with Crippen molar-refractivity contribution in [3.63, 3.8) is 0 Å². The van der Waals surface area contributed by atoms with Crippen LogP contribution in [-0.2, 0) is 19.9 Å². The molecular formula is C20H25N3O3. The maximum atomic E-state index is 13.4. The Balaban J connectivity index is 1.90. The van der Waals surface area contributed by atoms with Crippen LogP contribution in [-0.4, -0.2) is 34.7 Å². The Bertz CT molecular complexity index is 805. The molecule has 6 heteroatoms. The Morgan fingerprint density at radius 3 is 2.46 bits per heavy atom. The number of imide groups is 1. The monoisotopic (exact) mass is 355 g/mol. The fraction of sp³-hybridized carbons (Fsp3) is 0.550. The lowest BCUT2D eigenvalue weighted by Gasteiger charge is -2.31. The van der Waals surface area contributed by atoms with E-state index in [9.17, 15) is 14.4 Å². The Hall–Kier alpha value is -2.21. The predicted octanol–water partition coefficient (Wildman–Crippen LogP) is 1.86. The summed E-state index contributed by atoms with van der Waals surface area (Å²) in [5, 5.41) is 6.34. The number of anilines is 1. The highest BCUT2D eigenvalue weighted by atomic mass is 16.2. The number of carbonyl (C=O) groups excluding carboxylic acids is 3. The highest BCUT2D eigenvalue weighted by Crippen LogP contribution is 2.54. The molecule has 2 N–H and O–H groups in total. The number of carbonyl (C=O) groups is 3. The van der Waals surface area contributed by atoms with Gasteiger partial charge in [0.2, 0.25) is 17.7 Å². The van der Waals surface area contributed by atoms with E-state index in [-0.39, 0.29) is 35.7 Å². The molecule has 1 aromatic carbocycles. The van der Waals surface area contributed by atoms with Gasteiger partial charge in [-0.3, -0.25) is 24.6 Å². The molecule has 2 saturated heterocycles. The lowest BCUT2D eigenvalue weighted by Crippen LogP contribution is -2.54. The van der Waals surface area contributed by atoms with Crippen molar-refractivity contribution in [2.45, 2.75) is 51.7 Å².